The van der Waals surface area contributed by atoms with Crippen molar-refractivity contribution in [3.8, 4) is 0 Å². The Kier molecular flexibility index (Phi) is 4.55. The molecule has 1 amide bonds. The zero-order valence-corrected chi connectivity index (χ0v) is 10.2. The number of carbonyl (C=O) groups is 1. The van der Waals surface area contributed by atoms with Crippen LogP contribution >= 0.6 is 0 Å². The molecule has 0 saturated carbocycles. The first-order chi connectivity index (χ1) is 7.61. The van der Waals surface area contributed by atoms with Crippen LogP contribution in [-0.2, 0) is 0 Å². The van der Waals surface area contributed by atoms with Gasteiger partial charge in [-0.05, 0) is 32.9 Å². The minimum absolute atomic E-state index is 0.00195. The highest BCUT2D eigenvalue weighted by molar-refractivity contribution is 5.92. The van der Waals surface area contributed by atoms with Crippen LogP contribution in [0.15, 0.2) is 18.3 Å². The first-order valence-corrected chi connectivity index (χ1v) is 5.68. The molecule has 0 aliphatic rings. The molecule has 1 aromatic heterocycles. The first kappa shape index (κ1) is 12.8. The number of rotatable bonds is 5. The van der Waals surface area contributed by atoms with Gasteiger partial charge < -0.3 is 14.6 Å². The first-order valence-electron chi connectivity index (χ1n) is 5.68. The van der Waals surface area contributed by atoms with Crippen molar-refractivity contribution in [2.45, 2.75) is 26.8 Å². The average Bonchev–Trinajstić information content (AvgIpc) is 2.73. The van der Waals surface area contributed by atoms with Crippen LogP contribution in [0.1, 0.15) is 37.3 Å². The van der Waals surface area contributed by atoms with E-state index in [1.54, 1.807) is 4.90 Å². The summed E-state index contributed by atoms with van der Waals surface area (Å²) in [4.78, 5) is 13.8. The molecular formula is C12H20N2O2. The molecule has 1 rings (SSSR count). The van der Waals surface area contributed by atoms with E-state index < -0.39 is 0 Å². The highest BCUT2D eigenvalue weighted by atomic mass is 16.3. The summed E-state index contributed by atoms with van der Waals surface area (Å²) in [5.41, 5.74) is 0.685. The van der Waals surface area contributed by atoms with Crippen molar-refractivity contribution in [2.75, 3.05) is 19.7 Å². The summed E-state index contributed by atoms with van der Waals surface area (Å²) >= 11 is 0. The molecule has 0 saturated heterocycles. The Morgan fingerprint density at radius 3 is 2.75 bits per heavy atom. The van der Waals surface area contributed by atoms with E-state index in [4.69, 9.17) is 5.11 Å². The minimum atomic E-state index is -0.0183. The summed E-state index contributed by atoms with van der Waals surface area (Å²) in [7, 11) is 0. The van der Waals surface area contributed by atoms with E-state index in [0.717, 1.165) is 0 Å². The van der Waals surface area contributed by atoms with Crippen LogP contribution in [0.2, 0.25) is 0 Å². The van der Waals surface area contributed by atoms with E-state index in [2.05, 4.69) is 0 Å². The molecule has 4 heteroatoms. The van der Waals surface area contributed by atoms with Crippen molar-refractivity contribution in [1.82, 2.24) is 9.47 Å². The number of carbonyl (C=O) groups excluding carboxylic acids is 1. The van der Waals surface area contributed by atoms with Crippen molar-refractivity contribution in [3.05, 3.63) is 24.0 Å². The minimum Gasteiger partial charge on any atom is -0.395 e. The normalized spacial score (nSPS) is 10.8. The predicted molar refractivity (Wildman–Crippen MR) is 63.5 cm³/mol. The maximum Gasteiger partial charge on any atom is 0.270 e. The van der Waals surface area contributed by atoms with E-state index >= 15 is 0 Å². The molecular weight excluding hydrogens is 204 g/mol. The molecule has 4 nitrogen and oxygen atoms in total. The van der Waals surface area contributed by atoms with Crippen molar-refractivity contribution in [3.63, 3.8) is 0 Å². The Hall–Kier alpha value is -1.29. The second kappa shape index (κ2) is 5.70. The Morgan fingerprint density at radius 2 is 2.25 bits per heavy atom. The number of aliphatic hydroxyl groups excluding tert-OH is 1. The summed E-state index contributed by atoms with van der Waals surface area (Å²) < 4.78 is 1.95. The number of aliphatic hydroxyl groups is 1. The fourth-order valence-electron chi connectivity index (χ4n) is 1.71. The topological polar surface area (TPSA) is 45.5 Å². The number of hydrogen-bond donors (Lipinski definition) is 1. The second-order valence-electron chi connectivity index (χ2n) is 4.00. The van der Waals surface area contributed by atoms with Crippen LogP contribution in [0, 0.1) is 0 Å². The van der Waals surface area contributed by atoms with Crippen LogP contribution in [0.3, 0.4) is 0 Å². The monoisotopic (exact) mass is 224 g/mol. The van der Waals surface area contributed by atoms with E-state index in [1.807, 2.05) is 43.7 Å². The molecule has 0 bridgehead atoms. The van der Waals surface area contributed by atoms with Crippen LogP contribution in [0.25, 0.3) is 0 Å². The van der Waals surface area contributed by atoms with Gasteiger partial charge in [0.1, 0.15) is 5.69 Å². The lowest BCUT2D eigenvalue weighted by Gasteiger charge is -2.21. The zero-order chi connectivity index (χ0) is 12.1. The molecule has 0 radical (unpaired) electrons. The van der Waals surface area contributed by atoms with Gasteiger partial charge in [-0.2, -0.15) is 0 Å². The Labute approximate surface area is 96.5 Å². The molecule has 0 atom stereocenters. The molecule has 1 aromatic rings. The van der Waals surface area contributed by atoms with Crippen molar-refractivity contribution in [2.24, 2.45) is 0 Å². The van der Waals surface area contributed by atoms with Crippen LogP contribution in [0.5, 0.6) is 0 Å². The number of likely N-dealkylation sites (N-methyl/N-ethyl adjacent to an activating group) is 1. The molecule has 1 N–H and O–H groups in total. The van der Waals surface area contributed by atoms with Crippen LogP contribution in [-0.4, -0.2) is 40.2 Å². The highest BCUT2D eigenvalue weighted by Crippen LogP contribution is 2.13. The lowest BCUT2D eigenvalue weighted by Crippen LogP contribution is -2.34. The summed E-state index contributed by atoms with van der Waals surface area (Å²) in [6, 6.07) is 3.96. The Balaban J connectivity index is 2.90. The van der Waals surface area contributed by atoms with E-state index in [1.165, 1.54) is 0 Å². The van der Waals surface area contributed by atoms with Gasteiger partial charge in [0.05, 0.1) is 6.61 Å². The lowest BCUT2D eigenvalue weighted by molar-refractivity contribution is 0.0719. The lowest BCUT2D eigenvalue weighted by atomic mass is 10.3. The molecule has 0 unspecified atom stereocenters. The Bertz CT molecular complexity index is 345. The predicted octanol–water partition coefficient (Wildman–Crippen LogP) is 1.52. The molecule has 90 valence electrons. The molecule has 0 aromatic carbocycles. The number of nitrogens with zero attached hydrogens (tertiary/aromatic N) is 2. The summed E-state index contributed by atoms with van der Waals surface area (Å²) in [5.74, 6) is -0.0183. The third kappa shape index (κ3) is 2.64. The van der Waals surface area contributed by atoms with Gasteiger partial charge in [-0.25, -0.2) is 0 Å². The fraction of sp³-hybridized carbons (Fsp3) is 0.583. The van der Waals surface area contributed by atoms with E-state index in [9.17, 15) is 4.79 Å². The SMILES string of the molecule is CCN(CCO)C(=O)c1cccn1C(C)C. The Morgan fingerprint density at radius 1 is 1.56 bits per heavy atom. The highest BCUT2D eigenvalue weighted by Gasteiger charge is 2.17. The van der Waals surface area contributed by atoms with Crippen molar-refractivity contribution < 1.29 is 9.90 Å². The van der Waals surface area contributed by atoms with Gasteiger partial charge in [-0.3, -0.25) is 4.79 Å². The third-order valence-electron chi connectivity index (χ3n) is 2.59. The van der Waals surface area contributed by atoms with E-state index in [0.29, 0.717) is 18.8 Å². The maximum absolute atomic E-state index is 12.1. The van der Waals surface area contributed by atoms with Crippen LogP contribution < -0.4 is 0 Å². The summed E-state index contributed by atoms with van der Waals surface area (Å²) in [5, 5.41) is 8.89. The zero-order valence-electron chi connectivity index (χ0n) is 10.2. The average molecular weight is 224 g/mol. The molecule has 0 aliphatic heterocycles. The van der Waals surface area contributed by atoms with Crippen molar-refractivity contribution >= 4 is 5.91 Å². The number of hydrogen-bond acceptors (Lipinski definition) is 2. The van der Waals surface area contributed by atoms with Crippen molar-refractivity contribution in [1.29, 1.82) is 0 Å². The summed E-state index contributed by atoms with van der Waals surface area (Å²) in [6.07, 6.45) is 1.91. The van der Waals surface area contributed by atoms with Gasteiger partial charge in [0, 0.05) is 25.3 Å². The maximum atomic E-state index is 12.1. The van der Waals surface area contributed by atoms with Gasteiger partial charge in [0.15, 0.2) is 0 Å². The van der Waals surface area contributed by atoms with Gasteiger partial charge in [0.25, 0.3) is 5.91 Å². The third-order valence-corrected chi connectivity index (χ3v) is 2.59. The van der Waals surface area contributed by atoms with Gasteiger partial charge >= 0.3 is 0 Å². The quantitative estimate of drug-likeness (QED) is 0.824. The molecule has 1 heterocycles. The van der Waals surface area contributed by atoms with E-state index in [-0.39, 0.29) is 18.6 Å². The summed E-state index contributed by atoms with van der Waals surface area (Å²) in [6.45, 7) is 7.00. The van der Waals surface area contributed by atoms with Crippen LogP contribution in [0.4, 0.5) is 0 Å². The second-order valence-corrected chi connectivity index (χ2v) is 4.00. The number of aromatic nitrogens is 1. The molecule has 16 heavy (non-hydrogen) atoms. The van der Waals surface area contributed by atoms with Gasteiger partial charge in [-0.15, -0.1) is 0 Å². The molecule has 0 spiro atoms. The largest absolute Gasteiger partial charge is 0.395 e. The smallest absolute Gasteiger partial charge is 0.270 e. The molecule has 0 fully saturated rings. The molecule has 0 aliphatic carbocycles. The fourth-order valence-corrected chi connectivity index (χ4v) is 1.71. The van der Waals surface area contributed by atoms with Gasteiger partial charge in [0.2, 0.25) is 0 Å². The number of amides is 1. The van der Waals surface area contributed by atoms with Gasteiger partial charge in [-0.1, -0.05) is 0 Å². The standard InChI is InChI=1S/C12H20N2O2/c1-4-13(8-9-15)12(16)11-6-5-7-14(11)10(2)3/h5-7,10,15H,4,8-9H2,1-3H3.